The Morgan fingerprint density at radius 1 is 1.07 bits per heavy atom. The maximum atomic E-state index is 14.0. The van der Waals surface area contributed by atoms with E-state index >= 15 is 0 Å². The Hall–Kier alpha value is -4.70. The number of fused-ring (bicyclic) bond motifs is 1. The van der Waals surface area contributed by atoms with Gasteiger partial charge < -0.3 is 19.1 Å². The second-order valence-electron chi connectivity index (χ2n) is 9.59. The van der Waals surface area contributed by atoms with Crippen LogP contribution in [0.15, 0.2) is 75.7 Å². The molecule has 4 aromatic rings. The number of aromatic carboxylic acids is 1. The van der Waals surface area contributed by atoms with E-state index in [9.17, 15) is 19.5 Å². The summed E-state index contributed by atoms with van der Waals surface area (Å²) in [5.41, 5.74) is 4.99. The molecule has 0 radical (unpaired) electrons. The predicted molar refractivity (Wildman–Crippen MR) is 156 cm³/mol. The molecule has 3 heterocycles. The number of benzene rings is 2. The Morgan fingerprint density at radius 2 is 1.76 bits per heavy atom. The molecule has 2 aromatic heterocycles. The second-order valence-corrected chi connectivity index (χ2v) is 10.6. The molecule has 9 nitrogen and oxygen atoms in total. The molecule has 0 unspecified atom stereocenters. The van der Waals surface area contributed by atoms with Gasteiger partial charge in [0.2, 0.25) is 0 Å². The standard InChI is InChI=1S/C31H29N3O6S/c1-6-40-30(38)26-18(3)32-31-34(27(26)20-9-13-24(39-5)14-10-20)28(35)25(41-31)16-22-15-17(2)33(19(22)4)23-11-7-21(8-12-23)29(36)37/h7-16,27H,6H2,1-5H3,(H,36,37)/b25-16+/t27-/m0/s1. The van der Waals surface area contributed by atoms with Crippen LogP contribution < -0.4 is 19.6 Å². The van der Waals surface area contributed by atoms with Gasteiger partial charge in [-0.25, -0.2) is 14.6 Å². The zero-order valence-electron chi connectivity index (χ0n) is 23.3. The highest BCUT2D eigenvalue weighted by Crippen LogP contribution is 2.31. The van der Waals surface area contributed by atoms with Crippen LogP contribution in [-0.4, -0.2) is 39.9 Å². The largest absolute Gasteiger partial charge is 0.497 e. The van der Waals surface area contributed by atoms with Crippen LogP contribution in [0.2, 0.25) is 0 Å². The highest BCUT2D eigenvalue weighted by Gasteiger charge is 2.33. The Morgan fingerprint density at radius 3 is 2.37 bits per heavy atom. The zero-order valence-corrected chi connectivity index (χ0v) is 24.1. The van der Waals surface area contributed by atoms with E-state index in [4.69, 9.17) is 9.47 Å². The number of carboxylic acids is 1. The summed E-state index contributed by atoms with van der Waals surface area (Å²) in [6, 6.07) is 15.2. The van der Waals surface area contributed by atoms with Crippen LogP contribution in [0.3, 0.4) is 0 Å². The summed E-state index contributed by atoms with van der Waals surface area (Å²) >= 11 is 1.26. The number of nitrogens with zero attached hydrogens (tertiary/aromatic N) is 3. The molecule has 0 bridgehead atoms. The third kappa shape index (κ3) is 5.02. The lowest BCUT2D eigenvalue weighted by molar-refractivity contribution is -0.139. The van der Waals surface area contributed by atoms with Gasteiger partial charge in [-0.05, 0) is 87.4 Å². The van der Waals surface area contributed by atoms with Crippen molar-refractivity contribution in [2.45, 2.75) is 33.7 Å². The van der Waals surface area contributed by atoms with Crippen LogP contribution in [0, 0.1) is 13.8 Å². The van der Waals surface area contributed by atoms with E-state index in [0.29, 0.717) is 26.4 Å². The molecule has 0 saturated carbocycles. The summed E-state index contributed by atoms with van der Waals surface area (Å²) in [4.78, 5) is 43.5. The SMILES string of the molecule is CCOC(=O)C1=C(C)N=c2s/c(=C/c3cc(C)n(-c4ccc(C(=O)O)cc4)c3C)c(=O)n2[C@H]1c1ccc(OC)cc1. The van der Waals surface area contributed by atoms with E-state index < -0.39 is 18.0 Å². The predicted octanol–water partition coefficient (Wildman–Crippen LogP) is 3.91. The first-order chi connectivity index (χ1) is 19.6. The van der Waals surface area contributed by atoms with Gasteiger partial charge in [0, 0.05) is 17.1 Å². The van der Waals surface area contributed by atoms with Crippen molar-refractivity contribution in [2.75, 3.05) is 13.7 Å². The average molecular weight is 572 g/mol. The van der Waals surface area contributed by atoms with Crippen LogP contribution in [-0.2, 0) is 9.53 Å². The number of esters is 1. The van der Waals surface area contributed by atoms with Gasteiger partial charge >= 0.3 is 11.9 Å². The molecule has 10 heteroatoms. The van der Waals surface area contributed by atoms with Gasteiger partial charge in [0.05, 0.1) is 41.1 Å². The number of hydrogen-bond acceptors (Lipinski definition) is 7. The summed E-state index contributed by atoms with van der Waals surface area (Å²) in [5, 5.41) is 9.24. The van der Waals surface area contributed by atoms with E-state index in [0.717, 1.165) is 28.2 Å². The number of methoxy groups -OCH3 is 1. The molecule has 1 atom stereocenters. The number of carbonyl (C=O) groups is 2. The molecule has 210 valence electrons. The molecular formula is C31H29N3O6S. The maximum absolute atomic E-state index is 14.0. The van der Waals surface area contributed by atoms with Gasteiger partial charge in [-0.1, -0.05) is 23.5 Å². The summed E-state index contributed by atoms with van der Waals surface area (Å²) in [5.74, 6) is -0.836. The number of rotatable bonds is 7. The van der Waals surface area contributed by atoms with Crippen molar-refractivity contribution in [2.24, 2.45) is 4.99 Å². The van der Waals surface area contributed by atoms with E-state index in [1.54, 1.807) is 61.9 Å². The van der Waals surface area contributed by atoms with Crippen LogP contribution >= 0.6 is 11.3 Å². The van der Waals surface area contributed by atoms with Crippen molar-refractivity contribution in [3.8, 4) is 11.4 Å². The number of thiazole rings is 1. The number of carboxylic acid groups (broad SMARTS) is 1. The normalized spacial score (nSPS) is 15.0. The number of ether oxygens (including phenoxy) is 2. The summed E-state index contributed by atoms with van der Waals surface area (Å²) < 4.78 is 14.7. The number of aromatic nitrogens is 2. The van der Waals surface area contributed by atoms with Crippen molar-refractivity contribution in [1.29, 1.82) is 0 Å². The Kier molecular flexibility index (Phi) is 7.51. The first-order valence-corrected chi connectivity index (χ1v) is 13.8. The Labute approximate surface area is 239 Å². The monoisotopic (exact) mass is 571 g/mol. The lowest BCUT2D eigenvalue weighted by Crippen LogP contribution is -2.39. The number of aryl methyl sites for hydroxylation is 1. The molecule has 5 rings (SSSR count). The van der Waals surface area contributed by atoms with Crippen LogP contribution in [0.5, 0.6) is 5.75 Å². The molecule has 2 aromatic carbocycles. The molecule has 0 fully saturated rings. The maximum Gasteiger partial charge on any atom is 0.338 e. The minimum atomic E-state index is -0.983. The molecule has 1 aliphatic rings. The second kappa shape index (κ2) is 11.1. The molecule has 0 saturated heterocycles. The summed E-state index contributed by atoms with van der Waals surface area (Å²) in [6.07, 6.45) is 1.84. The molecule has 41 heavy (non-hydrogen) atoms. The summed E-state index contributed by atoms with van der Waals surface area (Å²) in [7, 11) is 1.58. The first kappa shape index (κ1) is 27.9. The average Bonchev–Trinajstić information content (AvgIpc) is 3.41. The van der Waals surface area contributed by atoms with E-state index in [1.165, 1.54) is 11.3 Å². The van der Waals surface area contributed by atoms with Crippen molar-refractivity contribution < 1.29 is 24.2 Å². The number of carbonyl (C=O) groups excluding carboxylic acids is 1. The van der Waals surface area contributed by atoms with Gasteiger partial charge in [0.15, 0.2) is 4.80 Å². The Bertz CT molecular complexity index is 1880. The minimum Gasteiger partial charge on any atom is -0.497 e. The molecule has 0 amide bonds. The van der Waals surface area contributed by atoms with Gasteiger partial charge in [-0.3, -0.25) is 9.36 Å². The van der Waals surface area contributed by atoms with E-state index in [2.05, 4.69) is 4.99 Å². The third-order valence-electron chi connectivity index (χ3n) is 7.08. The third-order valence-corrected chi connectivity index (χ3v) is 8.06. The fourth-order valence-electron chi connectivity index (χ4n) is 5.12. The molecule has 1 N–H and O–H groups in total. The quantitative estimate of drug-likeness (QED) is 0.337. The number of allylic oxidation sites excluding steroid dienone is 1. The highest BCUT2D eigenvalue weighted by atomic mass is 32.1. The minimum absolute atomic E-state index is 0.198. The van der Waals surface area contributed by atoms with E-state index in [-0.39, 0.29) is 17.7 Å². The van der Waals surface area contributed by atoms with Crippen molar-refractivity contribution in [3.63, 3.8) is 0 Å². The first-order valence-electron chi connectivity index (χ1n) is 13.0. The van der Waals surface area contributed by atoms with Crippen molar-refractivity contribution >= 4 is 29.4 Å². The number of hydrogen-bond donors (Lipinski definition) is 1. The van der Waals surface area contributed by atoms with Crippen molar-refractivity contribution in [3.05, 3.63) is 114 Å². The van der Waals surface area contributed by atoms with Gasteiger partial charge in [0.1, 0.15) is 5.75 Å². The fourth-order valence-corrected chi connectivity index (χ4v) is 6.16. The van der Waals surface area contributed by atoms with Crippen LogP contribution in [0.4, 0.5) is 0 Å². The molecular weight excluding hydrogens is 542 g/mol. The van der Waals surface area contributed by atoms with Gasteiger partial charge in [-0.15, -0.1) is 0 Å². The molecule has 0 spiro atoms. The van der Waals surface area contributed by atoms with Gasteiger partial charge in [0.25, 0.3) is 5.56 Å². The van der Waals surface area contributed by atoms with Gasteiger partial charge in [-0.2, -0.15) is 0 Å². The van der Waals surface area contributed by atoms with Crippen LogP contribution in [0.25, 0.3) is 11.8 Å². The van der Waals surface area contributed by atoms with E-state index in [1.807, 2.05) is 42.7 Å². The summed E-state index contributed by atoms with van der Waals surface area (Å²) in [6.45, 7) is 7.59. The topological polar surface area (TPSA) is 112 Å². The Balaban J connectivity index is 1.65. The molecule has 0 aliphatic carbocycles. The van der Waals surface area contributed by atoms with Crippen LogP contribution in [0.1, 0.15) is 52.8 Å². The molecule has 1 aliphatic heterocycles. The lowest BCUT2D eigenvalue weighted by atomic mass is 9.96. The highest BCUT2D eigenvalue weighted by molar-refractivity contribution is 7.07. The smallest absolute Gasteiger partial charge is 0.338 e. The van der Waals surface area contributed by atoms with Crippen molar-refractivity contribution in [1.82, 2.24) is 9.13 Å². The fraction of sp³-hybridized carbons (Fsp3) is 0.226. The lowest BCUT2D eigenvalue weighted by Gasteiger charge is -2.24. The zero-order chi connectivity index (χ0) is 29.4.